The van der Waals surface area contributed by atoms with Gasteiger partial charge in [0.05, 0.1) is 12.0 Å². The van der Waals surface area contributed by atoms with Gasteiger partial charge in [0.25, 0.3) is 0 Å². The molecule has 0 aromatic rings. The SMILES string of the molecule is CC(C)=CC(=O)O[C@H]1C(C)=C[C@]23C(=O)[C@@H](C=C(CO)[C@@H](O)[C@]12O)[C@H]1[C@@H](C[C@H]3C)C1(C)C. The van der Waals surface area contributed by atoms with Crippen molar-refractivity contribution in [3.63, 3.8) is 0 Å². The van der Waals surface area contributed by atoms with Gasteiger partial charge in [-0.25, -0.2) is 4.79 Å². The fourth-order valence-electron chi connectivity index (χ4n) is 6.98. The van der Waals surface area contributed by atoms with E-state index in [1.54, 1.807) is 32.9 Å². The van der Waals surface area contributed by atoms with Crippen molar-refractivity contribution in [1.82, 2.24) is 0 Å². The predicted octanol–water partition coefficient (Wildman–Crippen LogP) is 2.33. The van der Waals surface area contributed by atoms with Gasteiger partial charge in [-0.05, 0) is 61.5 Å². The number of fused-ring (bicyclic) bond motifs is 3. The highest BCUT2D eigenvalue weighted by atomic mass is 16.6. The summed E-state index contributed by atoms with van der Waals surface area (Å²) in [6.45, 7) is 11.0. The van der Waals surface area contributed by atoms with E-state index < -0.39 is 41.7 Å². The van der Waals surface area contributed by atoms with Crippen molar-refractivity contribution in [2.75, 3.05) is 6.61 Å². The molecular formula is C25H34O6. The number of ether oxygens (including phenoxy) is 1. The lowest BCUT2D eigenvalue weighted by molar-refractivity contribution is -0.201. The zero-order valence-electron chi connectivity index (χ0n) is 19.2. The number of hydrogen-bond acceptors (Lipinski definition) is 6. The minimum Gasteiger partial charge on any atom is -0.451 e. The molecule has 0 unspecified atom stereocenters. The first-order chi connectivity index (χ1) is 14.3. The first-order valence-corrected chi connectivity index (χ1v) is 11.1. The van der Waals surface area contributed by atoms with Gasteiger partial charge in [-0.1, -0.05) is 38.5 Å². The molecule has 2 saturated carbocycles. The van der Waals surface area contributed by atoms with Crippen LogP contribution in [0.4, 0.5) is 0 Å². The van der Waals surface area contributed by atoms with Gasteiger partial charge in [-0.2, -0.15) is 0 Å². The number of hydrogen-bond donors (Lipinski definition) is 3. The van der Waals surface area contributed by atoms with E-state index in [1.165, 1.54) is 6.08 Å². The molecule has 6 heteroatoms. The van der Waals surface area contributed by atoms with Crippen LogP contribution in [0, 0.1) is 34.5 Å². The molecule has 4 rings (SSSR count). The summed E-state index contributed by atoms with van der Waals surface area (Å²) in [5, 5.41) is 33.6. The smallest absolute Gasteiger partial charge is 0.331 e. The molecule has 6 nitrogen and oxygen atoms in total. The molecular weight excluding hydrogens is 396 g/mol. The van der Waals surface area contributed by atoms with Gasteiger partial charge in [0.15, 0.2) is 17.5 Å². The third-order valence-electron chi connectivity index (χ3n) is 8.54. The summed E-state index contributed by atoms with van der Waals surface area (Å²) in [5.41, 5.74) is -2.00. The lowest BCUT2D eigenvalue weighted by Gasteiger charge is -2.48. The molecule has 170 valence electrons. The lowest BCUT2D eigenvalue weighted by atomic mass is 9.59. The van der Waals surface area contributed by atoms with E-state index in [9.17, 15) is 24.9 Å². The fraction of sp³-hybridized carbons (Fsp3) is 0.680. The molecule has 0 saturated heterocycles. The summed E-state index contributed by atoms with van der Waals surface area (Å²) in [6.07, 6.45) is 2.75. The first-order valence-electron chi connectivity index (χ1n) is 11.1. The number of ketones is 1. The molecule has 0 aromatic heterocycles. The highest BCUT2D eigenvalue weighted by Crippen LogP contribution is 2.71. The second-order valence-corrected chi connectivity index (χ2v) is 10.9. The molecule has 0 amide bonds. The first kappa shape index (κ1) is 22.4. The molecule has 2 bridgehead atoms. The standard InChI is InChI=1S/C25H34O6/c1-12(2)7-18(27)31-22-13(3)10-24-14(4)8-17-19(23(17,5)6)16(21(24)29)9-15(11-26)20(28)25(22,24)30/h7,9-10,14,16-17,19-20,22,26,28,30H,8,11H2,1-6H3/t14-,16+,17-,19+,20-,22+,24+,25+/m1/s1. The molecule has 31 heavy (non-hydrogen) atoms. The van der Waals surface area contributed by atoms with Crippen LogP contribution < -0.4 is 0 Å². The van der Waals surface area contributed by atoms with Gasteiger partial charge in [0, 0.05) is 12.0 Å². The molecule has 0 radical (unpaired) electrons. The van der Waals surface area contributed by atoms with Crippen LogP contribution in [0.15, 0.2) is 34.9 Å². The summed E-state index contributed by atoms with van der Waals surface area (Å²) in [7, 11) is 0. The average molecular weight is 431 g/mol. The van der Waals surface area contributed by atoms with Crippen molar-refractivity contribution in [3.05, 3.63) is 34.9 Å². The van der Waals surface area contributed by atoms with Gasteiger partial charge in [-0.3, -0.25) is 4.79 Å². The molecule has 8 atom stereocenters. The molecule has 4 aliphatic carbocycles. The maximum absolute atomic E-state index is 14.2. The minimum absolute atomic E-state index is 0.0205. The van der Waals surface area contributed by atoms with Gasteiger partial charge in [0.1, 0.15) is 6.10 Å². The van der Waals surface area contributed by atoms with Crippen molar-refractivity contribution in [2.24, 2.45) is 34.5 Å². The summed E-state index contributed by atoms with van der Waals surface area (Å²) in [6, 6.07) is 0. The zero-order valence-corrected chi connectivity index (χ0v) is 19.2. The highest BCUT2D eigenvalue weighted by molar-refractivity contribution is 5.95. The summed E-state index contributed by atoms with van der Waals surface area (Å²) in [5.74, 6) is -1.16. The Morgan fingerprint density at radius 2 is 1.97 bits per heavy atom. The average Bonchev–Trinajstić information content (AvgIpc) is 3.16. The summed E-state index contributed by atoms with van der Waals surface area (Å²) in [4.78, 5) is 26.7. The van der Waals surface area contributed by atoms with E-state index in [-0.39, 0.29) is 28.6 Å². The molecule has 2 fully saturated rings. The third kappa shape index (κ3) is 2.74. The summed E-state index contributed by atoms with van der Waals surface area (Å²) < 4.78 is 5.67. The number of esters is 1. The Hall–Kier alpha value is -1.76. The lowest BCUT2D eigenvalue weighted by Crippen LogP contribution is -2.65. The third-order valence-corrected chi connectivity index (χ3v) is 8.54. The van der Waals surface area contributed by atoms with Gasteiger partial charge < -0.3 is 20.1 Å². The maximum atomic E-state index is 14.2. The number of allylic oxidation sites excluding steroid dienone is 2. The van der Waals surface area contributed by atoms with Crippen LogP contribution in [0.25, 0.3) is 0 Å². The zero-order chi connectivity index (χ0) is 23.1. The van der Waals surface area contributed by atoms with E-state index in [0.29, 0.717) is 11.5 Å². The monoisotopic (exact) mass is 430 g/mol. The molecule has 0 heterocycles. The summed E-state index contributed by atoms with van der Waals surface area (Å²) >= 11 is 0. The van der Waals surface area contributed by atoms with Crippen LogP contribution >= 0.6 is 0 Å². The highest BCUT2D eigenvalue weighted by Gasteiger charge is 2.76. The fourth-order valence-corrected chi connectivity index (χ4v) is 6.98. The Morgan fingerprint density at radius 1 is 1.32 bits per heavy atom. The Kier molecular flexibility index (Phi) is 4.97. The van der Waals surface area contributed by atoms with E-state index in [2.05, 4.69) is 13.8 Å². The van der Waals surface area contributed by atoms with Crippen LogP contribution in [0.3, 0.4) is 0 Å². The second kappa shape index (κ2) is 6.87. The van der Waals surface area contributed by atoms with Gasteiger partial charge in [-0.15, -0.1) is 0 Å². The molecule has 0 aromatic carbocycles. The van der Waals surface area contributed by atoms with Crippen LogP contribution in [-0.2, 0) is 14.3 Å². The van der Waals surface area contributed by atoms with E-state index >= 15 is 0 Å². The largest absolute Gasteiger partial charge is 0.451 e. The van der Waals surface area contributed by atoms with Gasteiger partial charge in [0.2, 0.25) is 0 Å². The van der Waals surface area contributed by atoms with Crippen molar-refractivity contribution in [3.8, 4) is 0 Å². The maximum Gasteiger partial charge on any atom is 0.331 e. The van der Waals surface area contributed by atoms with Crippen molar-refractivity contribution in [1.29, 1.82) is 0 Å². The van der Waals surface area contributed by atoms with E-state index in [4.69, 9.17) is 4.74 Å². The number of aliphatic hydroxyl groups is 3. The Labute approximate surface area is 183 Å². The second-order valence-electron chi connectivity index (χ2n) is 10.9. The van der Waals surface area contributed by atoms with Crippen LogP contribution in [-0.4, -0.2) is 51.5 Å². The van der Waals surface area contributed by atoms with E-state index in [0.717, 1.165) is 12.0 Å². The van der Waals surface area contributed by atoms with Crippen LogP contribution in [0.1, 0.15) is 48.0 Å². The predicted molar refractivity (Wildman–Crippen MR) is 115 cm³/mol. The Bertz CT molecular complexity index is 922. The quantitative estimate of drug-likeness (QED) is 0.361. The Morgan fingerprint density at radius 3 is 2.55 bits per heavy atom. The molecule has 1 spiro atoms. The molecule has 0 aliphatic heterocycles. The van der Waals surface area contributed by atoms with Crippen LogP contribution in [0.2, 0.25) is 0 Å². The molecule has 3 N–H and O–H groups in total. The normalized spacial score (nSPS) is 44.7. The number of rotatable bonds is 3. The van der Waals surface area contributed by atoms with Crippen molar-refractivity contribution < 1.29 is 29.6 Å². The number of Topliss-reactive ketones (excluding diaryl/α,β-unsaturated/α-hetero) is 1. The van der Waals surface area contributed by atoms with Crippen molar-refractivity contribution in [2.45, 2.75) is 65.8 Å². The Balaban J connectivity index is 1.90. The topological polar surface area (TPSA) is 104 Å². The minimum atomic E-state index is -2.08. The van der Waals surface area contributed by atoms with Crippen molar-refractivity contribution >= 4 is 11.8 Å². The number of aliphatic hydroxyl groups excluding tert-OH is 2. The molecule has 4 aliphatic rings. The van der Waals surface area contributed by atoms with Gasteiger partial charge >= 0.3 is 5.97 Å². The van der Waals surface area contributed by atoms with E-state index in [1.807, 2.05) is 6.92 Å². The number of carbonyl (C=O) groups excluding carboxylic acids is 2. The van der Waals surface area contributed by atoms with Crippen LogP contribution in [0.5, 0.6) is 0 Å². The number of carbonyl (C=O) groups is 2.